The van der Waals surface area contributed by atoms with Crippen LogP contribution < -0.4 is 0 Å². The maximum Gasteiger partial charge on any atom is 0.164 e. The van der Waals surface area contributed by atoms with Crippen molar-refractivity contribution in [1.82, 2.24) is 19.9 Å². The highest BCUT2D eigenvalue weighted by atomic mass is 16.3. The molecule has 12 rings (SSSR count). The molecule has 0 aliphatic heterocycles. The minimum Gasteiger partial charge on any atom is -0.456 e. The monoisotopic (exact) mass is 726 g/mol. The lowest BCUT2D eigenvalue weighted by Crippen LogP contribution is -2.01. The van der Waals surface area contributed by atoms with Crippen molar-refractivity contribution in [2.45, 2.75) is 0 Å². The van der Waals surface area contributed by atoms with Gasteiger partial charge in [-0.2, -0.15) is 0 Å². The fourth-order valence-electron chi connectivity index (χ4n) is 8.72. The Hall–Kier alpha value is -7.76. The molecule has 5 heteroatoms. The summed E-state index contributed by atoms with van der Waals surface area (Å²) in [5.41, 5.74) is 14.6. The highest BCUT2D eigenvalue weighted by molar-refractivity contribution is 6.17. The van der Waals surface area contributed by atoms with Crippen LogP contribution in [-0.2, 0) is 0 Å². The molecule has 264 valence electrons. The number of fused-ring (bicyclic) bond motifs is 7. The minimum atomic E-state index is 0.599. The van der Waals surface area contributed by atoms with Gasteiger partial charge < -0.3 is 4.42 Å². The van der Waals surface area contributed by atoms with Gasteiger partial charge in [0.15, 0.2) is 17.5 Å². The van der Waals surface area contributed by atoms with E-state index in [1.54, 1.807) is 0 Å². The molecule has 0 radical (unpaired) electrons. The smallest absolute Gasteiger partial charge is 0.164 e. The van der Waals surface area contributed by atoms with Crippen molar-refractivity contribution in [3.05, 3.63) is 182 Å². The average Bonchev–Trinajstić information content (AvgIpc) is 3.83. The largest absolute Gasteiger partial charge is 0.456 e. The van der Waals surface area contributed by atoms with Crippen LogP contribution in [-0.4, -0.2) is 19.9 Å². The summed E-state index contributed by atoms with van der Waals surface area (Å²) in [6.07, 6.45) is 0. The molecular formula is C52H30N4O. The molecular weight excluding hydrogens is 697 g/mol. The normalized spacial score (nSPS) is 11.9. The van der Waals surface area contributed by atoms with Gasteiger partial charge in [-0.25, -0.2) is 19.9 Å². The summed E-state index contributed by atoms with van der Waals surface area (Å²) in [5, 5.41) is 5.59. The molecule has 57 heavy (non-hydrogen) atoms. The topological polar surface area (TPSA) is 64.7 Å². The molecule has 0 spiro atoms. The second-order valence-corrected chi connectivity index (χ2v) is 14.5. The van der Waals surface area contributed by atoms with Crippen LogP contribution in [0.5, 0.6) is 0 Å². The van der Waals surface area contributed by atoms with Crippen molar-refractivity contribution >= 4 is 43.6 Å². The number of furan rings is 1. The molecule has 5 nitrogen and oxygen atoms in total. The van der Waals surface area contributed by atoms with Crippen molar-refractivity contribution in [2.24, 2.45) is 0 Å². The number of hydrogen-bond acceptors (Lipinski definition) is 5. The summed E-state index contributed by atoms with van der Waals surface area (Å²) in [5.74, 6) is 1.83. The van der Waals surface area contributed by atoms with E-state index < -0.39 is 0 Å². The molecule has 11 aromatic rings. The lowest BCUT2D eigenvalue weighted by atomic mass is 9.93. The van der Waals surface area contributed by atoms with E-state index in [9.17, 15) is 0 Å². The number of nitrogens with zero attached hydrogens (tertiary/aromatic N) is 4. The third kappa shape index (κ3) is 4.96. The molecule has 1 aliphatic rings. The lowest BCUT2D eigenvalue weighted by Gasteiger charge is -2.13. The predicted molar refractivity (Wildman–Crippen MR) is 232 cm³/mol. The molecule has 3 heterocycles. The summed E-state index contributed by atoms with van der Waals surface area (Å²) in [6.45, 7) is 0. The number of rotatable bonds is 5. The summed E-state index contributed by atoms with van der Waals surface area (Å²) >= 11 is 0. The van der Waals surface area contributed by atoms with Crippen LogP contribution in [0.2, 0.25) is 0 Å². The number of pyridine rings is 1. The van der Waals surface area contributed by atoms with Crippen LogP contribution >= 0.6 is 0 Å². The van der Waals surface area contributed by atoms with Crippen LogP contribution in [0.1, 0.15) is 0 Å². The van der Waals surface area contributed by atoms with E-state index in [-0.39, 0.29) is 0 Å². The highest BCUT2D eigenvalue weighted by Gasteiger charge is 2.23. The van der Waals surface area contributed by atoms with Gasteiger partial charge in [-0.05, 0) is 74.5 Å². The zero-order chi connectivity index (χ0) is 37.5. The zero-order valence-corrected chi connectivity index (χ0v) is 30.5. The van der Waals surface area contributed by atoms with Crippen molar-refractivity contribution in [3.8, 4) is 78.8 Å². The van der Waals surface area contributed by atoms with Crippen molar-refractivity contribution < 1.29 is 4.42 Å². The van der Waals surface area contributed by atoms with Gasteiger partial charge in [-0.15, -0.1) is 0 Å². The Balaban J connectivity index is 1.03. The van der Waals surface area contributed by atoms with Crippen LogP contribution in [0.4, 0.5) is 0 Å². The van der Waals surface area contributed by atoms with Gasteiger partial charge in [0.25, 0.3) is 0 Å². The molecule has 0 amide bonds. The third-order valence-electron chi connectivity index (χ3n) is 11.3. The lowest BCUT2D eigenvalue weighted by molar-refractivity contribution is 0.669. The molecule has 8 aromatic carbocycles. The van der Waals surface area contributed by atoms with Crippen LogP contribution in [0.25, 0.3) is 122 Å². The van der Waals surface area contributed by atoms with Gasteiger partial charge in [-0.3, -0.25) is 0 Å². The van der Waals surface area contributed by atoms with Gasteiger partial charge in [0, 0.05) is 38.4 Å². The number of para-hydroxylation sites is 1. The highest BCUT2D eigenvalue weighted by Crippen LogP contribution is 2.48. The second kappa shape index (κ2) is 12.4. The van der Waals surface area contributed by atoms with Crippen LogP contribution in [0, 0.1) is 0 Å². The number of hydrogen-bond donors (Lipinski definition) is 0. The van der Waals surface area contributed by atoms with Crippen LogP contribution in [0.3, 0.4) is 0 Å². The Morgan fingerprint density at radius 3 is 1.70 bits per heavy atom. The number of benzene rings is 8. The SMILES string of the molecule is c1ccc(-c2nc(-c3cccc(-c4cc5c6c(cccc6n4)-c4ccccc4-5)c3)nc(-c3cccc4c(-c5cccc6oc7ccccc7c56)cccc34)n2)cc1. The predicted octanol–water partition coefficient (Wildman–Crippen LogP) is 13.5. The molecule has 0 saturated heterocycles. The first-order valence-electron chi connectivity index (χ1n) is 19.1. The fourth-order valence-corrected chi connectivity index (χ4v) is 8.72. The first-order valence-corrected chi connectivity index (χ1v) is 19.1. The quantitative estimate of drug-likeness (QED) is 0.177. The summed E-state index contributed by atoms with van der Waals surface area (Å²) in [4.78, 5) is 20.7. The molecule has 3 aromatic heterocycles. The summed E-state index contributed by atoms with van der Waals surface area (Å²) < 4.78 is 6.28. The van der Waals surface area contributed by atoms with Crippen molar-refractivity contribution in [2.75, 3.05) is 0 Å². The van der Waals surface area contributed by atoms with Gasteiger partial charge in [0.1, 0.15) is 11.2 Å². The Labute approximate surface area is 327 Å². The van der Waals surface area contributed by atoms with E-state index >= 15 is 0 Å². The minimum absolute atomic E-state index is 0.599. The maximum atomic E-state index is 6.28. The Bertz CT molecular complexity index is 3420. The molecule has 0 fully saturated rings. The van der Waals surface area contributed by atoms with E-state index in [4.69, 9.17) is 24.4 Å². The van der Waals surface area contributed by atoms with E-state index in [0.717, 1.165) is 77.3 Å². The Kier molecular flexibility index (Phi) is 6.86. The number of aromatic nitrogens is 4. The Morgan fingerprint density at radius 2 is 0.842 bits per heavy atom. The molecule has 0 N–H and O–H groups in total. The average molecular weight is 727 g/mol. The maximum absolute atomic E-state index is 6.28. The molecule has 0 bridgehead atoms. The van der Waals surface area contributed by atoms with Gasteiger partial charge >= 0.3 is 0 Å². The van der Waals surface area contributed by atoms with Gasteiger partial charge in [0.2, 0.25) is 0 Å². The molecule has 1 aliphatic carbocycles. The molecule has 0 unspecified atom stereocenters. The standard InChI is InChI=1S/C52H30N4O/c1-2-13-31(14-3-1)50-54-51(33-16-8-15-32(29-33)45-30-43-38-18-5-4-17-35(38)39-23-11-26-44(53-45)48(39)43)56-52(55-50)41-25-10-20-34-36(21-9-22-37(34)41)40-24-12-28-47-49(40)42-19-6-7-27-46(42)57-47/h1-30H. The van der Waals surface area contributed by atoms with Gasteiger partial charge in [0.05, 0.1) is 11.2 Å². The third-order valence-corrected chi connectivity index (χ3v) is 11.3. The van der Waals surface area contributed by atoms with E-state index in [1.807, 2.05) is 48.5 Å². The Morgan fingerprint density at radius 1 is 0.298 bits per heavy atom. The van der Waals surface area contributed by atoms with Crippen molar-refractivity contribution in [3.63, 3.8) is 0 Å². The second-order valence-electron chi connectivity index (χ2n) is 14.5. The van der Waals surface area contributed by atoms with E-state index in [2.05, 4.69) is 133 Å². The van der Waals surface area contributed by atoms with Crippen LogP contribution in [0.15, 0.2) is 186 Å². The summed E-state index contributed by atoms with van der Waals surface area (Å²) in [6, 6.07) is 63.2. The fraction of sp³-hybridized carbons (Fsp3) is 0. The summed E-state index contributed by atoms with van der Waals surface area (Å²) in [7, 11) is 0. The van der Waals surface area contributed by atoms with E-state index in [0.29, 0.717) is 17.5 Å². The van der Waals surface area contributed by atoms with E-state index in [1.165, 1.54) is 27.6 Å². The molecule has 0 atom stereocenters. The zero-order valence-electron chi connectivity index (χ0n) is 30.5. The van der Waals surface area contributed by atoms with Gasteiger partial charge in [-0.1, -0.05) is 152 Å². The molecule has 0 saturated carbocycles. The first kappa shape index (κ1) is 31.6. The first-order chi connectivity index (χ1) is 28.2. The van der Waals surface area contributed by atoms with Crippen molar-refractivity contribution in [1.29, 1.82) is 0 Å².